The molecule has 1 aliphatic rings. The lowest BCUT2D eigenvalue weighted by Crippen LogP contribution is -2.43. The van der Waals surface area contributed by atoms with Crippen LogP contribution >= 0.6 is 0 Å². The summed E-state index contributed by atoms with van der Waals surface area (Å²) in [6.45, 7) is 3.83. The predicted molar refractivity (Wildman–Crippen MR) is 86.9 cm³/mol. The van der Waals surface area contributed by atoms with Gasteiger partial charge < -0.3 is 20.0 Å². The Morgan fingerprint density at radius 2 is 2.26 bits per heavy atom. The van der Waals surface area contributed by atoms with Crippen molar-refractivity contribution in [3.05, 3.63) is 36.1 Å². The number of furan rings is 1. The number of nitrogens with zero attached hydrogens (tertiary/aromatic N) is 1. The summed E-state index contributed by atoms with van der Waals surface area (Å²) in [6.07, 6.45) is 2.96. The summed E-state index contributed by atoms with van der Waals surface area (Å²) in [4.78, 5) is 25.6. The van der Waals surface area contributed by atoms with Crippen molar-refractivity contribution in [1.82, 2.24) is 15.5 Å². The Labute approximate surface area is 134 Å². The second-order valence-corrected chi connectivity index (χ2v) is 5.86. The molecule has 0 saturated carbocycles. The summed E-state index contributed by atoms with van der Waals surface area (Å²) in [5.41, 5.74) is 1.84. The molecule has 3 rings (SSSR count). The largest absolute Gasteiger partial charge is 0.464 e. The SMILES string of the molecule is CCCN1CC(NC(=O)NCc2ccc3occc3c2)CC1=O. The third kappa shape index (κ3) is 3.64. The topological polar surface area (TPSA) is 74.6 Å². The third-order valence-electron chi connectivity index (χ3n) is 4.01. The Hall–Kier alpha value is -2.50. The predicted octanol–water partition coefficient (Wildman–Crippen LogP) is 2.24. The van der Waals surface area contributed by atoms with E-state index in [2.05, 4.69) is 10.6 Å². The van der Waals surface area contributed by atoms with Crippen molar-refractivity contribution in [2.75, 3.05) is 13.1 Å². The Bertz CT molecular complexity index is 710. The highest BCUT2D eigenvalue weighted by atomic mass is 16.3. The van der Waals surface area contributed by atoms with Gasteiger partial charge in [-0.15, -0.1) is 0 Å². The lowest BCUT2D eigenvalue weighted by molar-refractivity contribution is -0.127. The molecule has 1 aromatic carbocycles. The maximum Gasteiger partial charge on any atom is 0.315 e. The van der Waals surface area contributed by atoms with E-state index < -0.39 is 0 Å². The number of hydrogen-bond donors (Lipinski definition) is 2. The van der Waals surface area contributed by atoms with Crippen LogP contribution in [0.1, 0.15) is 25.3 Å². The molecular weight excluding hydrogens is 294 g/mol. The van der Waals surface area contributed by atoms with Gasteiger partial charge in [0.15, 0.2) is 0 Å². The average molecular weight is 315 g/mol. The number of carbonyl (C=O) groups excluding carboxylic acids is 2. The van der Waals surface area contributed by atoms with Crippen LogP contribution in [0.5, 0.6) is 0 Å². The van der Waals surface area contributed by atoms with Gasteiger partial charge in [-0.3, -0.25) is 4.79 Å². The molecule has 6 heteroatoms. The molecule has 6 nitrogen and oxygen atoms in total. The van der Waals surface area contributed by atoms with Crippen LogP contribution in [-0.4, -0.2) is 36.0 Å². The van der Waals surface area contributed by atoms with Crippen LogP contribution < -0.4 is 10.6 Å². The van der Waals surface area contributed by atoms with E-state index in [1.807, 2.05) is 31.2 Å². The lowest BCUT2D eigenvalue weighted by Gasteiger charge is -2.16. The fraction of sp³-hybridized carbons (Fsp3) is 0.412. The lowest BCUT2D eigenvalue weighted by atomic mass is 10.1. The third-order valence-corrected chi connectivity index (χ3v) is 4.01. The quantitative estimate of drug-likeness (QED) is 0.888. The van der Waals surface area contributed by atoms with Gasteiger partial charge in [-0.05, 0) is 30.2 Å². The number of nitrogens with one attached hydrogen (secondary N) is 2. The first-order valence-corrected chi connectivity index (χ1v) is 7.94. The monoisotopic (exact) mass is 315 g/mol. The van der Waals surface area contributed by atoms with Crippen LogP contribution in [0, 0.1) is 0 Å². The van der Waals surface area contributed by atoms with E-state index >= 15 is 0 Å². The second-order valence-electron chi connectivity index (χ2n) is 5.86. The van der Waals surface area contributed by atoms with Crippen LogP contribution in [0.4, 0.5) is 4.79 Å². The summed E-state index contributed by atoms with van der Waals surface area (Å²) in [5.74, 6) is 0.113. The van der Waals surface area contributed by atoms with Gasteiger partial charge in [0.2, 0.25) is 5.91 Å². The zero-order valence-corrected chi connectivity index (χ0v) is 13.2. The number of amides is 3. The molecule has 1 saturated heterocycles. The van der Waals surface area contributed by atoms with Crippen LogP contribution in [0.15, 0.2) is 34.9 Å². The molecule has 0 radical (unpaired) electrons. The van der Waals surface area contributed by atoms with Crippen molar-refractivity contribution in [3.63, 3.8) is 0 Å². The van der Waals surface area contributed by atoms with Gasteiger partial charge in [0.05, 0.1) is 12.3 Å². The highest BCUT2D eigenvalue weighted by Gasteiger charge is 2.29. The molecule has 1 fully saturated rings. The molecule has 0 spiro atoms. The van der Waals surface area contributed by atoms with Gasteiger partial charge in [0.1, 0.15) is 5.58 Å². The zero-order valence-electron chi connectivity index (χ0n) is 13.2. The van der Waals surface area contributed by atoms with Crippen LogP contribution in [0.2, 0.25) is 0 Å². The van der Waals surface area contributed by atoms with E-state index in [9.17, 15) is 9.59 Å². The van der Waals surface area contributed by atoms with Crippen molar-refractivity contribution in [3.8, 4) is 0 Å². The minimum Gasteiger partial charge on any atom is -0.464 e. The maximum absolute atomic E-state index is 12.0. The molecule has 23 heavy (non-hydrogen) atoms. The first-order chi connectivity index (χ1) is 11.2. The summed E-state index contributed by atoms with van der Waals surface area (Å²) < 4.78 is 5.29. The van der Waals surface area contributed by atoms with Gasteiger partial charge in [-0.2, -0.15) is 0 Å². The van der Waals surface area contributed by atoms with E-state index in [1.165, 1.54) is 0 Å². The summed E-state index contributed by atoms with van der Waals surface area (Å²) in [5, 5.41) is 6.72. The van der Waals surface area contributed by atoms with Crippen molar-refractivity contribution >= 4 is 22.9 Å². The molecule has 1 unspecified atom stereocenters. The highest BCUT2D eigenvalue weighted by Crippen LogP contribution is 2.17. The number of urea groups is 1. The average Bonchev–Trinajstić information content (AvgIpc) is 3.12. The second kappa shape index (κ2) is 6.73. The fourth-order valence-electron chi connectivity index (χ4n) is 2.90. The summed E-state index contributed by atoms with van der Waals surface area (Å²) in [6, 6.07) is 7.35. The number of hydrogen-bond acceptors (Lipinski definition) is 3. The Morgan fingerprint density at radius 3 is 3.09 bits per heavy atom. The van der Waals surface area contributed by atoms with Crippen molar-refractivity contribution < 1.29 is 14.0 Å². The smallest absolute Gasteiger partial charge is 0.315 e. The van der Waals surface area contributed by atoms with E-state index in [-0.39, 0.29) is 18.0 Å². The van der Waals surface area contributed by atoms with E-state index in [0.717, 1.165) is 29.5 Å². The van der Waals surface area contributed by atoms with E-state index in [1.54, 1.807) is 11.2 Å². The number of rotatable bonds is 5. The van der Waals surface area contributed by atoms with Crippen LogP contribution in [0.3, 0.4) is 0 Å². The van der Waals surface area contributed by atoms with Gasteiger partial charge in [-0.25, -0.2) is 4.79 Å². The van der Waals surface area contributed by atoms with E-state index in [0.29, 0.717) is 19.5 Å². The van der Waals surface area contributed by atoms with Crippen molar-refractivity contribution in [2.24, 2.45) is 0 Å². The Kier molecular flexibility index (Phi) is 4.50. The van der Waals surface area contributed by atoms with E-state index in [4.69, 9.17) is 4.42 Å². The molecular formula is C17H21N3O3. The standard InChI is InChI=1S/C17H21N3O3/c1-2-6-20-11-14(9-16(20)21)19-17(22)18-10-12-3-4-15-13(8-12)5-7-23-15/h3-5,7-8,14H,2,6,9-11H2,1H3,(H2,18,19,22). The molecule has 0 aliphatic carbocycles. The zero-order chi connectivity index (χ0) is 16.2. The Morgan fingerprint density at radius 1 is 1.39 bits per heavy atom. The highest BCUT2D eigenvalue weighted by molar-refractivity contribution is 5.82. The number of carbonyl (C=O) groups is 2. The molecule has 2 heterocycles. The number of likely N-dealkylation sites (tertiary alicyclic amines) is 1. The molecule has 1 atom stereocenters. The summed E-state index contributed by atoms with van der Waals surface area (Å²) >= 11 is 0. The minimum absolute atomic E-state index is 0.106. The summed E-state index contributed by atoms with van der Waals surface area (Å²) in [7, 11) is 0. The maximum atomic E-state index is 12.0. The normalized spacial score (nSPS) is 17.7. The minimum atomic E-state index is -0.242. The molecule has 122 valence electrons. The van der Waals surface area contributed by atoms with Gasteiger partial charge in [0.25, 0.3) is 0 Å². The van der Waals surface area contributed by atoms with Gasteiger partial charge in [-0.1, -0.05) is 13.0 Å². The first kappa shape index (κ1) is 15.4. The van der Waals surface area contributed by atoms with Crippen molar-refractivity contribution in [1.29, 1.82) is 0 Å². The van der Waals surface area contributed by atoms with Gasteiger partial charge in [0, 0.05) is 31.4 Å². The molecule has 0 bridgehead atoms. The van der Waals surface area contributed by atoms with Crippen LogP contribution in [-0.2, 0) is 11.3 Å². The molecule has 2 N–H and O–H groups in total. The Balaban J connectivity index is 1.49. The molecule has 2 aromatic rings. The fourth-order valence-corrected chi connectivity index (χ4v) is 2.90. The van der Waals surface area contributed by atoms with Crippen molar-refractivity contribution in [2.45, 2.75) is 32.4 Å². The number of fused-ring (bicyclic) bond motifs is 1. The first-order valence-electron chi connectivity index (χ1n) is 7.94. The number of benzene rings is 1. The molecule has 1 aliphatic heterocycles. The molecule has 1 aromatic heterocycles. The van der Waals surface area contributed by atoms with Crippen LogP contribution in [0.25, 0.3) is 11.0 Å². The molecule has 3 amide bonds. The van der Waals surface area contributed by atoms with Gasteiger partial charge >= 0.3 is 6.03 Å².